The molecule has 1 amide bonds. The predicted octanol–water partition coefficient (Wildman–Crippen LogP) is 2.22. The van der Waals surface area contributed by atoms with Crippen LogP contribution in [-0.4, -0.2) is 41.4 Å². The molecule has 0 aliphatic heterocycles. The van der Waals surface area contributed by atoms with Crippen molar-refractivity contribution in [2.75, 3.05) is 19.8 Å². The third kappa shape index (κ3) is 5.43. The van der Waals surface area contributed by atoms with Crippen molar-refractivity contribution in [3.63, 3.8) is 0 Å². The molecule has 0 spiro atoms. The molecular formula is C20H19N3O4. The van der Waals surface area contributed by atoms with E-state index in [2.05, 4.69) is 10.4 Å². The number of nitrogens with zero attached hydrogens (tertiary/aromatic N) is 2. The number of carbonyl (C=O) groups excluding carboxylic acids is 2. The topological polar surface area (TPSA) is 82.5 Å². The van der Waals surface area contributed by atoms with Crippen LogP contribution in [0.2, 0.25) is 0 Å². The molecule has 0 bridgehead atoms. The lowest BCUT2D eigenvalue weighted by atomic mass is 10.2. The smallest absolute Gasteiger partial charge is 0.338 e. The van der Waals surface area contributed by atoms with Gasteiger partial charge in [0.1, 0.15) is 12.4 Å². The monoisotopic (exact) mass is 365 g/mol. The highest BCUT2D eigenvalue weighted by Crippen LogP contribution is 2.10. The summed E-state index contributed by atoms with van der Waals surface area (Å²) in [5.74, 6) is -0.206. The van der Waals surface area contributed by atoms with E-state index in [9.17, 15) is 9.59 Å². The molecule has 3 rings (SSSR count). The average molecular weight is 365 g/mol. The molecule has 0 atom stereocenters. The second kappa shape index (κ2) is 9.19. The molecule has 0 unspecified atom stereocenters. The molecule has 1 heterocycles. The maximum atomic E-state index is 12.0. The van der Waals surface area contributed by atoms with E-state index >= 15 is 0 Å². The second-order valence-corrected chi connectivity index (χ2v) is 5.59. The van der Waals surface area contributed by atoms with Crippen molar-refractivity contribution in [1.82, 2.24) is 15.1 Å². The molecule has 2 aromatic carbocycles. The van der Waals surface area contributed by atoms with E-state index in [0.717, 1.165) is 11.4 Å². The highest BCUT2D eigenvalue weighted by atomic mass is 16.5. The molecule has 138 valence electrons. The highest BCUT2D eigenvalue weighted by molar-refractivity contribution is 5.91. The number of rotatable bonds is 8. The number of benzene rings is 2. The van der Waals surface area contributed by atoms with Crippen LogP contribution in [-0.2, 0) is 9.53 Å². The fourth-order valence-electron chi connectivity index (χ4n) is 2.31. The van der Waals surface area contributed by atoms with Gasteiger partial charge in [0.05, 0.1) is 17.8 Å². The van der Waals surface area contributed by atoms with Crippen LogP contribution in [0, 0.1) is 0 Å². The molecule has 1 aromatic heterocycles. The SMILES string of the molecule is O=C(COC(=O)c1ccc(-n2cccn2)cc1)NCCOc1ccccc1. The summed E-state index contributed by atoms with van der Waals surface area (Å²) < 4.78 is 12.2. The lowest BCUT2D eigenvalue weighted by Crippen LogP contribution is -2.32. The zero-order valence-electron chi connectivity index (χ0n) is 14.6. The van der Waals surface area contributed by atoms with Crippen LogP contribution in [0.1, 0.15) is 10.4 Å². The first kappa shape index (κ1) is 18.2. The van der Waals surface area contributed by atoms with Crippen LogP contribution >= 0.6 is 0 Å². The Bertz CT molecular complexity index is 862. The summed E-state index contributed by atoms with van der Waals surface area (Å²) in [5.41, 5.74) is 1.19. The summed E-state index contributed by atoms with van der Waals surface area (Å²) in [7, 11) is 0. The average Bonchev–Trinajstić information content (AvgIpc) is 3.25. The van der Waals surface area contributed by atoms with Gasteiger partial charge < -0.3 is 14.8 Å². The van der Waals surface area contributed by atoms with Gasteiger partial charge in [-0.25, -0.2) is 9.48 Å². The van der Waals surface area contributed by atoms with Crippen LogP contribution in [0.4, 0.5) is 0 Å². The molecule has 0 fully saturated rings. The van der Waals surface area contributed by atoms with Crippen LogP contribution in [0.25, 0.3) is 5.69 Å². The minimum absolute atomic E-state index is 0.323. The van der Waals surface area contributed by atoms with E-state index < -0.39 is 5.97 Å². The van der Waals surface area contributed by atoms with Crippen molar-refractivity contribution in [2.24, 2.45) is 0 Å². The largest absolute Gasteiger partial charge is 0.492 e. The maximum absolute atomic E-state index is 12.0. The van der Waals surface area contributed by atoms with E-state index in [1.54, 1.807) is 41.3 Å². The molecular weight excluding hydrogens is 346 g/mol. The number of nitrogens with one attached hydrogen (secondary N) is 1. The normalized spacial score (nSPS) is 10.2. The van der Waals surface area contributed by atoms with E-state index in [0.29, 0.717) is 18.7 Å². The van der Waals surface area contributed by atoms with Gasteiger partial charge in [-0.1, -0.05) is 18.2 Å². The number of ether oxygens (including phenoxy) is 2. The molecule has 0 aliphatic rings. The summed E-state index contributed by atoms with van der Waals surface area (Å²) >= 11 is 0. The van der Waals surface area contributed by atoms with Gasteiger partial charge in [-0.05, 0) is 42.5 Å². The fraction of sp³-hybridized carbons (Fsp3) is 0.150. The van der Waals surface area contributed by atoms with Gasteiger partial charge in [0.2, 0.25) is 0 Å². The van der Waals surface area contributed by atoms with Crippen molar-refractivity contribution in [1.29, 1.82) is 0 Å². The Hall–Kier alpha value is -3.61. The van der Waals surface area contributed by atoms with Gasteiger partial charge in [0.15, 0.2) is 6.61 Å². The Kier molecular flexibility index (Phi) is 6.19. The Balaban J connectivity index is 1.37. The summed E-state index contributed by atoms with van der Waals surface area (Å²) in [6.07, 6.45) is 3.48. The molecule has 7 heteroatoms. The molecule has 0 aliphatic carbocycles. The number of carbonyl (C=O) groups is 2. The number of amides is 1. The summed E-state index contributed by atoms with van der Waals surface area (Å²) in [6, 6.07) is 17.9. The van der Waals surface area contributed by atoms with Crippen molar-refractivity contribution in [3.8, 4) is 11.4 Å². The minimum atomic E-state index is -0.558. The van der Waals surface area contributed by atoms with Gasteiger partial charge in [-0.3, -0.25) is 4.79 Å². The number of para-hydroxylation sites is 1. The Morgan fingerprint density at radius 3 is 2.48 bits per heavy atom. The minimum Gasteiger partial charge on any atom is -0.492 e. The highest BCUT2D eigenvalue weighted by Gasteiger charge is 2.10. The lowest BCUT2D eigenvalue weighted by molar-refractivity contribution is -0.124. The number of hydrogen-bond donors (Lipinski definition) is 1. The fourth-order valence-corrected chi connectivity index (χ4v) is 2.31. The lowest BCUT2D eigenvalue weighted by Gasteiger charge is -2.08. The zero-order valence-corrected chi connectivity index (χ0v) is 14.6. The molecule has 1 N–H and O–H groups in total. The van der Waals surface area contributed by atoms with Crippen LogP contribution in [0.3, 0.4) is 0 Å². The van der Waals surface area contributed by atoms with Gasteiger partial charge in [-0.15, -0.1) is 0 Å². The molecule has 3 aromatic rings. The van der Waals surface area contributed by atoms with Crippen molar-refractivity contribution < 1.29 is 19.1 Å². The summed E-state index contributed by atoms with van der Waals surface area (Å²) in [5, 5.41) is 6.75. The first-order valence-electron chi connectivity index (χ1n) is 8.44. The van der Waals surface area contributed by atoms with Gasteiger partial charge in [0, 0.05) is 12.4 Å². The molecule has 27 heavy (non-hydrogen) atoms. The molecule has 0 radical (unpaired) electrons. The van der Waals surface area contributed by atoms with Crippen molar-refractivity contribution in [2.45, 2.75) is 0 Å². The van der Waals surface area contributed by atoms with Crippen LogP contribution in [0.15, 0.2) is 73.1 Å². The second-order valence-electron chi connectivity index (χ2n) is 5.59. The Morgan fingerprint density at radius 2 is 1.78 bits per heavy atom. The van der Waals surface area contributed by atoms with Crippen molar-refractivity contribution >= 4 is 11.9 Å². The first-order valence-corrected chi connectivity index (χ1v) is 8.44. The van der Waals surface area contributed by atoms with Gasteiger partial charge in [0.25, 0.3) is 5.91 Å². The van der Waals surface area contributed by atoms with E-state index in [-0.39, 0.29) is 12.5 Å². The zero-order chi connectivity index (χ0) is 18.9. The standard InChI is InChI=1S/C20H19N3O4/c24-19(21-12-14-26-18-5-2-1-3-6-18)15-27-20(25)16-7-9-17(10-8-16)23-13-4-11-22-23/h1-11,13H,12,14-15H2,(H,21,24). The van der Waals surface area contributed by atoms with E-state index in [1.807, 2.05) is 36.4 Å². The third-order valence-electron chi connectivity index (χ3n) is 3.64. The van der Waals surface area contributed by atoms with E-state index in [1.165, 1.54) is 0 Å². The predicted molar refractivity (Wildman–Crippen MR) is 98.8 cm³/mol. The van der Waals surface area contributed by atoms with E-state index in [4.69, 9.17) is 9.47 Å². The number of aromatic nitrogens is 2. The first-order chi connectivity index (χ1) is 13.2. The molecule has 0 saturated heterocycles. The Labute approximate surface area is 156 Å². The van der Waals surface area contributed by atoms with Crippen LogP contribution in [0.5, 0.6) is 5.75 Å². The van der Waals surface area contributed by atoms with Gasteiger partial charge >= 0.3 is 5.97 Å². The third-order valence-corrected chi connectivity index (χ3v) is 3.64. The number of esters is 1. The number of hydrogen-bond acceptors (Lipinski definition) is 5. The maximum Gasteiger partial charge on any atom is 0.338 e. The summed E-state index contributed by atoms with van der Waals surface area (Å²) in [4.78, 5) is 23.8. The van der Waals surface area contributed by atoms with Gasteiger partial charge in [-0.2, -0.15) is 5.10 Å². The molecule has 0 saturated carbocycles. The Morgan fingerprint density at radius 1 is 1.00 bits per heavy atom. The summed E-state index contributed by atoms with van der Waals surface area (Å²) in [6.45, 7) is 0.313. The quantitative estimate of drug-likeness (QED) is 0.489. The molecule has 7 nitrogen and oxygen atoms in total. The van der Waals surface area contributed by atoms with Crippen molar-refractivity contribution in [3.05, 3.63) is 78.6 Å². The van der Waals surface area contributed by atoms with Crippen LogP contribution < -0.4 is 10.1 Å².